The number of hydrogen-bond acceptors (Lipinski definition) is 2. The highest BCUT2D eigenvalue weighted by Crippen LogP contribution is 2.21. The zero-order valence-corrected chi connectivity index (χ0v) is 10.0. The Kier molecular flexibility index (Phi) is 5.02. The molecular formula is C12H15BrO2. The average molecular weight is 271 g/mol. The molecule has 0 bridgehead atoms. The van der Waals surface area contributed by atoms with Gasteiger partial charge in [0.05, 0.1) is 12.2 Å². The van der Waals surface area contributed by atoms with E-state index in [9.17, 15) is 10.2 Å². The van der Waals surface area contributed by atoms with Crippen LogP contribution in [-0.2, 0) is 0 Å². The maximum absolute atomic E-state index is 9.80. The standard InChI is InChI=1S/C12H15BrO2/c1-9(13)7-11(14)8-12(15)10-5-3-2-4-6-10/h2-6,11-12,14-15H,1,7-8H2/t11-,12+/m1/s1. The smallest absolute Gasteiger partial charge is 0.0814 e. The molecular weight excluding hydrogens is 256 g/mol. The van der Waals surface area contributed by atoms with E-state index >= 15 is 0 Å². The van der Waals surface area contributed by atoms with Gasteiger partial charge in [0.1, 0.15) is 0 Å². The van der Waals surface area contributed by atoms with Gasteiger partial charge < -0.3 is 10.2 Å². The molecule has 0 heterocycles. The minimum atomic E-state index is -0.618. The molecule has 3 heteroatoms. The average Bonchev–Trinajstić information content (AvgIpc) is 2.17. The molecule has 0 fully saturated rings. The van der Waals surface area contributed by atoms with E-state index in [4.69, 9.17) is 0 Å². The van der Waals surface area contributed by atoms with Crippen molar-refractivity contribution in [1.82, 2.24) is 0 Å². The Balaban J connectivity index is 2.49. The van der Waals surface area contributed by atoms with Gasteiger partial charge in [-0.05, 0) is 10.0 Å². The number of hydrogen-bond donors (Lipinski definition) is 2. The van der Waals surface area contributed by atoms with Crippen molar-refractivity contribution in [3.8, 4) is 0 Å². The number of aliphatic hydroxyl groups excluding tert-OH is 2. The number of rotatable bonds is 5. The van der Waals surface area contributed by atoms with Gasteiger partial charge >= 0.3 is 0 Å². The molecule has 0 aliphatic heterocycles. The van der Waals surface area contributed by atoms with Gasteiger partial charge in [0.15, 0.2) is 0 Å². The van der Waals surface area contributed by atoms with Gasteiger partial charge in [-0.2, -0.15) is 0 Å². The molecule has 15 heavy (non-hydrogen) atoms. The first-order chi connectivity index (χ1) is 7.09. The van der Waals surface area contributed by atoms with Crippen molar-refractivity contribution in [2.45, 2.75) is 25.0 Å². The molecule has 0 radical (unpaired) electrons. The summed E-state index contributed by atoms with van der Waals surface area (Å²) in [5.74, 6) is 0. The first-order valence-electron chi connectivity index (χ1n) is 4.84. The maximum atomic E-state index is 9.80. The second kappa shape index (κ2) is 6.05. The molecule has 1 rings (SSSR count). The summed E-state index contributed by atoms with van der Waals surface area (Å²) in [7, 11) is 0. The molecule has 0 aliphatic carbocycles. The van der Waals surface area contributed by atoms with Crippen LogP contribution in [0.2, 0.25) is 0 Å². The first-order valence-corrected chi connectivity index (χ1v) is 5.63. The lowest BCUT2D eigenvalue weighted by Crippen LogP contribution is -2.12. The Labute approximate surface area is 98.4 Å². The fraction of sp³-hybridized carbons (Fsp3) is 0.333. The van der Waals surface area contributed by atoms with E-state index in [1.165, 1.54) is 0 Å². The maximum Gasteiger partial charge on any atom is 0.0814 e. The van der Waals surface area contributed by atoms with Crippen LogP contribution in [0.3, 0.4) is 0 Å². The molecule has 0 aliphatic rings. The highest BCUT2D eigenvalue weighted by atomic mass is 79.9. The van der Waals surface area contributed by atoms with Crippen LogP contribution in [0.1, 0.15) is 24.5 Å². The van der Waals surface area contributed by atoms with Crippen LogP contribution in [0.5, 0.6) is 0 Å². The first kappa shape index (κ1) is 12.4. The van der Waals surface area contributed by atoms with Gasteiger partial charge in [0, 0.05) is 12.8 Å². The van der Waals surface area contributed by atoms with Gasteiger partial charge in [-0.1, -0.05) is 52.8 Å². The third kappa shape index (κ3) is 4.60. The van der Waals surface area contributed by atoms with Gasteiger partial charge in [-0.25, -0.2) is 0 Å². The van der Waals surface area contributed by atoms with Gasteiger partial charge in [-0.15, -0.1) is 0 Å². The molecule has 0 spiro atoms. The molecule has 0 saturated carbocycles. The molecule has 2 nitrogen and oxygen atoms in total. The quantitative estimate of drug-likeness (QED) is 0.864. The molecule has 0 aromatic heterocycles. The molecule has 1 aromatic rings. The third-order valence-electron chi connectivity index (χ3n) is 2.14. The van der Waals surface area contributed by atoms with E-state index in [0.717, 1.165) is 10.0 Å². The van der Waals surface area contributed by atoms with E-state index < -0.39 is 12.2 Å². The second-order valence-corrected chi connectivity index (χ2v) is 4.66. The Hall–Kier alpha value is -0.640. The summed E-state index contributed by atoms with van der Waals surface area (Å²) < 4.78 is 0.746. The summed E-state index contributed by atoms with van der Waals surface area (Å²) in [6.07, 6.45) is -0.390. The second-order valence-electron chi connectivity index (χ2n) is 3.54. The number of aliphatic hydroxyl groups is 2. The van der Waals surface area contributed by atoms with Crippen molar-refractivity contribution in [3.63, 3.8) is 0 Å². The van der Waals surface area contributed by atoms with Crippen LogP contribution < -0.4 is 0 Å². The summed E-state index contributed by atoms with van der Waals surface area (Å²) in [5.41, 5.74) is 0.830. The Morgan fingerprint density at radius 1 is 1.27 bits per heavy atom. The summed E-state index contributed by atoms with van der Waals surface area (Å²) in [6, 6.07) is 9.33. The Bertz CT molecular complexity index is 311. The monoisotopic (exact) mass is 270 g/mol. The summed E-state index contributed by atoms with van der Waals surface area (Å²) in [4.78, 5) is 0. The summed E-state index contributed by atoms with van der Waals surface area (Å²) >= 11 is 3.19. The van der Waals surface area contributed by atoms with Crippen molar-refractivity contribution in [3.05, 3.63) is 47.0 Å². The van der Waals surface area contributed by atoms with Crippen LogP contribution in [-0.4, -0.2) is 16.3 Å². The van der Waals surface area contributed by atoms with Gasteiger partial charge in [0.25, 0.3) is 0 Å². The van der Waals surface area contributed by atoms with Crippen molar-refractivity contribution in [2.24, 2.45) is 0 Å². The summed E-state index contributed by atoms with van der Waals surface area (Å²) in [5, 5.41) is 19.4. The van der Waals surface area contributed by atoms with Crippen LogP contribution >= 0.6 is 15.9 Å². The predicted molar refractivity (Wildman–Crippen MR) is 64.7 cm³/mol. The zero-order chi connectivity index (χ0) is 11.3. The minimum absolute atomic E-state index is 0.328. The van der Waals surface area contributed by atoms with E-state index in [0.29, 0.717) is 12.8 Å². The van der Waals surface area contributed by atoms with Crippen molar-refractivity contribution >= 4 is 15.9 Å². The van der Waals surface area contributed by atoms with E-state index in [2.05, 4.69) is 22.5 Å². The SMILES string of the molecule is C=C(Br)C[C@@H](O)C[C@H](O)c1ccccc1. The Morgan fingerprint density at radius 2 is 1.87 bits per heavy atom. The fourth-order valence-corrected chi connectivity index (χ4v) is 1.78. The van der Waals surface area contributed by atoms with E-state index in [1.54, 1.807) is 0 Å². The lowest BCUT2D eigenvalue weighted by molar-refractivity contribution is 0.0819. The molecule has 0 saturated heterocycles. The molecule has 82 valence electrons. The van der Waals surface area contributed by atoms with Crippen LogP contribution in [0.25, 0.3) is 0 Å². The number of benzene rings is 1. The molecule has 2 atom stereocenters. The normalized spacial score (nSPS) is 14.6. The molecule has 1 aromatic carbocycles. The third-order valence-corrected chi connectivity index (χ3v) is 2.46. The van der Waals surface area contributed by atoms with E-state index in [1.807, 2.05) is 30.3 Å². The van der Waals surface area contributed by atoms with Crippen molar-refractivity contribution in [2.75, 3.05) is 0 Å². The van der Waals surface area contributed by atoms with Crippen LogP contribution in [0.4, 0.5) is 0 Å². The Morgan fingerprint density at radius 3 is 2.40 bits per heavy atom. The largest absolute Gasteiger partial charge is 0.393 e. The number of halogens is 1. The predicted octanol–water partition coefficient (Wildman–Crippen LogP) is 2.77. The van der Waals surface area contributed by atoms with Crippen LogP contribution in [0.15, 0.2) is 41.4 Å². The van der Waals surface area contributed by atoms with Crippen molar-refractivity contribution in [1.29, 1.82) is 0 Å². The lowest BCUT2D eigenvalue weighted by atomic mass is 10.0. The van der Waals surface area contributed by atoms with Gasteiger partial charge in [-0.3, -0.25) is 0 Å². The topological polar surface area (TPSA) is 40.5 Å². The minimum Gasteiger partial charge on any atom is -0.393 e. The zero-order valence-electron chi connectivity index (χ0n) is 8.44. The summed E-state index contributed by atoms with van der Waals surface area (Å²) in [6.45, 7) is 3.65. The van der Waals surface area contributed by atoms with E-state index in [-0.39, 0.29) is 0 Å². The molecule has 0 unspecified atom stereocenters. The highest BCUT2D eigenvalue weighted by molar-refractivity contribution is 9.11. The lowest BCUT2D eigenvalue weighted by Gasteiger charge is -2.15. The van der Waals surface area contributed by atoms with Crippen LogP contribution in [0, 0.1) is 0 Å². The molecule has 2 N–H and O–H groups in total. The van der Waals surface area contributed by atoms with Gasteiger partial charge in [0.2, 0.25) is 0 Å². The fourth-order valence-electron chi connectivity index (χ4n) is 1.41. The van der Waals surface area contributed by atoms with Crippen molar-refractivity contribution < 1.29 is 10.2 Å². The highest BCUT2D eigenvalue weighted by Gasteiger charge is 2.13. The molecule has 0 amide bonds.